The fourth-order valence-electron chi connectivity index (χ4n) is 2.99. The Morgan fingerprint density at radius 2 is 2.00 bits per heavy atom. The fourth-order valence-corrected chi connectivity index (χ4v) is 2.99. The van der Waals surface area contributed by atoms with E-state index in [1.807, 2.05) is 7.11 Å². The van der Waals surface area contributed by atoms with Gasteiger partial charge in [0.15, 0.2) is 0 Å². The summed E-state index contributed by atoms with van der Waals surface area (Å²) in [4.78, 5) is 2.53. The highest BCUT2D eigenvalue weighted by molar-refractivity contribution is 5.14. The van der Waals surface area contributed by atoms with Crippen molar-refractivity contribution < 1.29 is 4.74 Å². The SMILES string of the molecule is COC1(C(C)C)CCCN(Cc2ccccc2)C1. The summed E-state index contributed by atoms with van der Waals surface area (Å²) in [6.07, 6.45) is 2.42. The molecule has 0 N–H and O–H groups in total. The smallest absolute Gasteiger partial charge is 0.0828 e. The van der Waals surface area contributed by atoms with Gasteiger partial charge in [-0.15, -0.1) is 0 Å². The largest absolute Gasteiger partial charge is 0.377 e. The van der Waals surface area contributed by atoms with Gasteiger partial charge in [-0.2, -0.15) is 0 Å². The lowest BCUT2D eigenvalue weighted by Crippen LogP contribution is -2.52. The summed E-state index contributed by atoms with van der Waals surface area (Å²) in [7, 11) is 1.87. The van der Waals surface area contributed by atoms with E-state index in [0.29, 0.717) is 5.92 Å². The molecule has 0 aromatic heterocycles. The maximum Gasteiger partial charge on any atom is 0.0828 e. The molecule has 1 fully saturated rings. The third-order valence-corrected chi connectivity index (χ3v) is 4.27. The van der Waals surface area contributed by atoms with E-state index in [9.17, 15) is 0 Å². The summed E-state index contributed by atoms with van der Waals surface area (Å²) >= 11 is 0. The molecule has 0 aliphatic carbocycles. The van der Waals surface area contributed by atoms with Crippen molar-refractivity contribution in [3.8, 4) is 0 Å². The van der Waals surface area contributed by atoms with E-state index in [1.165, 1.54) is 24.9 Å². The van der Waals surface area contributed by atoms with Crippen LogP contribution < -0.4 is 0 Å². The average Bonchev–Trinajstić information content (AvgIpc) is 2.40. The van der Waals surface area contributed by atoms with Crippen LogP contribution in [-0.2, 0) is 11.3 Å². The van der Waals surface area contributed by atoms with Gasteiger partial charge in [-0.25, -0.2) is 0 Å². The van der Waals surface area contributed by atoms with Gasteiger partial charge in [0.05, 0.1) is 5.60 Å². The van der Waals surface area contributed by atoms with E-state index < -0.39 is 0 Å². The zero-order chi connectivity index (χ0) is 13.0. The van der Waals surface area contributed by atoms with E-state index in [2.05, 4.69) is 49.1 Å². The van der Waals surface area contributed by atoms with E-state index >= 15 is 0 Å². The van der Waals surface area contributed by atoms with Crippen LogP contribution in [0.2, 0.25) is 0 Å². The van der Waals surface area contributed by atoms with Crippen LogP contribution in [0, 0.1) is 5.92 Å². The van der Waals surface area contributed by atoms with Crippen molar-refractivity contribution in [2.45, 2.75) is 38.8 Å². The summed E-state index contributed by atoms with van der Waals surface area (Å²) in [5.74, 6) is 0.570. The van der Waals surface area contributed by atoms with Gasteiger partial charge in [0, 0.05) is 20.2 Å². The monoisotopic (exact) mass is 247 g/mol. The van der Waals surface area contributed by atoms with Crippen molar-refractivity contribution in [1.29, 1.82) is 0 Å². The highest BCUT2D eigenvalue weighted by Crippen LogP contribution is 2.32. The molecule has 2 nitrogen and oxygen atoms in total. The molecule has 0 spiro atoms. The quantitative estimate of drug-likeness (QED) is 0.809. The molecule has 1 heterocycles. The van der Waals surface area contributed by atoms with Crippen LogP contribution in [0.4, 0.5) is 0 Å². The second-order valence-electron chi connectivity index (χ2n) is 5.72. The predicted molar refractivity (Wildman–Crippen MR) is 75.5 cm³/mol. The minimum absolute atomic E-state index is 0.0486. The number of methoxy groups -OCH3 is 1. The Morgan fingerprint density at radius 1 is 1.28 bits per heavy atom. The Labute approximate surface area is 111 Å². The molecule has 0 bridgehead atoms. The Balaban J connectivity index is 2.02. The van der Waals surface area contributed by atoms with Gasteiger partial charge in [-0.05, 0) is 30.9 Å². The Kier molecular flexibility index (Phi) is 4.41. The average molecular weight is 247 g/mol. The summed E-state index contributed by atoms with van der Waals surface area (Å²) in [5, 5.41) is 0. The first-order chi connectivity index (χ1) is 8.66. The topological polar surface area (TPSA) is 12.5 Å². The molecular weight excluding hydrogens is 222 g/mol. The molecule has 1 aliphatic heterocycles. The van der Waals surface area contributed by atoms with Crippen LogP contribution in [-0.4, -0.2) is 30.7 Å². The number of nitrogens with zero attached hydrogens (tertiary/aromatic N) is 1. The number of piperidine rings is 1. The van der Waals surface area contributed by atoms with Gasteiger partial charge < -0.3 is 4.74 Å². The number of benzene rings is 1. The van der Waals surface area contributed by atoms with Crippen LogP contribution in [0.1, 0.15) is 32.3 Å². The van der Waals surface area contributed by atoms with Gasteiger partial charge in [0.25, 0.3) is 0 Å². The number of likely N-dealkylation sites (tertiary alicyclic amines) is 1. The van der Waals surface area contributed by atoms with Crippen molar-refractivity contribution in [2.24, 2.45) is 5.92 Å². The second kappa shape index (κ2) is 5.85. The van der Waals surface area contributed by atoms with Crippen LogP contribution >= 0.6 is 0 Å². The summed E-state index contributed by atoms with van der Waals surface area (Å²) in [5.41, 5.74) is 1.45. The Hall–Kier alpha value is -0.860. The first-order valence-corrected chi connectivity index (χ1v) is 6.98. The molecule has 0 saturated carbocycles. The minimum atomic E-state index is 0.0486. The lowest BCUT2D eigenvalue weighted by molar-refractivity contribution is -0.0967. The van der Waals surface area contributed by atoms with Gasteiger partial charge in [-0.1, -0.05) is 44.2 Å². The zero-order valence-corrected chi connectivity index (χ0v) is 11.9. The van der Waals surface area contributed by atoms with Crippen LogP contribution in [0.25, 0.3) is 0 Å². The standard InChI is InChI=1S/C16H25NO/c1-14(2)16(18-3)10-7-11-17(13-16)12-15-8-5-4-6-9-15/h4-6,8-9,14H,7,10-13H2,1-3H3. The van der Waals surface area contributed by atoms with E-state index in [1.54, 1.807) is 0 Å². The Morgan fingerprint density at radius 3 is 2.61 bits per heavy atom. The third kappa shape index (κ3) is 2.93. The molecule has 0 amide bonds. The van der Waals surface area contributed by atoms with Crippen molar-refractivity contribution >= 4 is 0 Å². The van der Waals surface area contributed by atoms with Gasteiger partial charge in [0.2, 0.25) is 0 Å². The van der Waals surface area contributed by atoms with Crippen molar-refractivity contribution in [2.75, 3.05) is 20.2 Å². The van der Waals surface area contributed by atoms with Crippen LogP contribution in [0.5, 0.6) is 0 Å². The molecule has 2 rings (SSSR count). The van der Waals surface area contributed by atoms with Crippen molar-refractivity contribution in [3.05, 3.63) is 35.9 Å². The van der Waals surface area contributed by atoms with Crippen molar-refractivity contribution in [1.82, 2.24) is 4.90 Å². The zero-order valence-electron chi connectivity index (χ0n) is 11.9. The molecule has 1 aliphatic rings. The lowest BCUT2D eigenvalue weighted by atomic mass is 9.82. The highest BCUT2D eigenvalue weighted by atomic mass is 16.5. The number of hydrogen-bond acceptors (Lipinski definition) is 2. The highest BCUT2D eigenvalue weighted by Gasteiger charge is 2.38. The molecule has 1 atom stereocenters. The van der Waals surface area contributed by atoms with Gasteiger partial charge in [0.1, 0.15) is 0 Å². The molecule has 1 unspecified atom stereocenters. The molecule has 18 heavy (non-hydrogen) atoms. The molecule has 2 heteroatoms. The molecule has 1 saturated heterocycles. The molecule has 1 aromatic rings. The molecular formula is C16H25NO. The Bertz CT molecular complexity index is 363. The number of rotatable bonds is 4. The maximum absolute atomic E-state index is 5.87. The lowest BCUT2D eigenvalue weighted by Gasteiger charge is -2.44. The first-order valence-electron chi connectivity index (χ1n) is 6.98. The summed E-state index contributed by atoms with van der Waals surface area (Å²) in [6.45, 7) is 7.83. The van der Waals surface area contributed by atoms with Crippen LogP contribution in [0.15, 0.2) is 30.3 Å². The molecule has 0 radical (unpaired) electrons. The fraction of sp³-hybridized carbons (Fsp3) is 0.625. The van der Waals surface area contributed by atoms with Gasteiger partial charge >= 0.3 is 0 Å². The van der Waals surface area contributed by atoms with E-state index in [4.69, 9.17) is 4.74 Å². The predicted octanol–water partition coefficient (Wildman–Crippen LogP) is 3.32. The van der Waals surface area contributed by atoms with Crippen LogP contribution in [0.3, 0.4) is 0 Å². The summed E-state index contributed by atoms with van der Waals surface area (Å²) < 4.78 is 5.87. The number of ether oxygens (including phenoxy) is 1. The van der Waals surface area contributed by atoms with Crippen molar-refractivity contribution in [3.63, 3.8) is 0 Å². The summed E-state index contributed by atoms with van der Waals surface area (Å²) in [6, 6.07) is 10.7. The minimum Gasteiger partial charge on any atom is -0.377 e. The molecule has 100 valence electrons. The normalized spacial score (nSPS) is 25.6. The van der Waals surface area contributed by atoms with E-state index in [0.717, 1.165) is 13.1 Å². The maximum atomic E-state index is 5.87. The third-order valence-electron chi connectivity index (χ3n) is 4.27. The van der Waals surface area contributed by atoms with E-state index in [-0.39, 0.29) is 5.60 Å². The second-order valence-corrected chi connectivity index (χ2v) is 5.72. The first kappa shape index (κ1) is 13.6. The van der Waals surface area contributed by atoms with Gasteiger partial charge in [-0.3, -0.25) is 4.90 Å². The number of hydrogen-bond donors (Lipinski definition) is 0. The molecule has 1 aromatic carbocycles.